The number of rotatable bonds is 4. The Morgan fingerprint density at radius 3 is 2.89 bits per heavy atom. The largest absolute Gasteiger partial charge is 0.480 e. The van der Waals surface area contributed by atoms with Gasteiger partial charge in [-0.3, -0.25) is 9.59 Å². The highest BCUT2D eigenvalue weighted by Gasteiger charge is 2.09. The number of nitrogens with zero attached hydrogens (tertiary/aromatic N) is 3. The van der Waals surface area contributed by atoms with Crippen molar-refractivity contribution < 1.29 is 14.7 Å². The molecule has 98 valence electrons. The standard InChI is InChI=1S/C12H12N4O3/c1-8-3-2-4-9(5-8)12(19)14-10-6-13-16(15-10)7-11(17)18/h2-6H,7H2,1H3,(H,17,18)(H,14,15,19). The van der Waals surface area contributed by atoms with Gasteiger partial charge in [-0.2, -0.15) is 9.90 Å². The second kappa shape index (κ2) is 5.30. The molecule has 0 aliphatic carbocycles. The Bertz CT molecular complexity index is 621. The van der Waals surface area contributed by atoms with E-state index in [2.05, 4.69) is 15.5 Å². The van der Waals surface area contributed by atoms with Crippen LogP contribution in [0.3, 0.4) is 0 Å². The molecule has 1 heterocycles. The summed E-state index contributed by atoms with van der Waals surface area (Å²) < 4.78 is 0. The first-order valence-electron chi connectivity index (χ1n) is 5.54. The Labute approximate surface area is 108 Å². The number of anilines is 1. The van der Waals surface area contributed by atoms with E-state index < -0.39 is 5.97 Å². The fraction of sp³-hybridized carbons (Fsp3) is 0.167. The maximum Gasteiger partial charge on any atom is 0.327 e. The van der Waals surface area contributed by atoms with Crippen LogP contribution in [0.25, 0.3) is 0 Å². The summed E-state index contributed by atoms with van der Waals surface area (Å²) in [6.07, 6.45) is 1.30. The summed E-state index contributed by atoms with van der Waals surface area (Å²) in [5.74, 6) is -1.15. The van der Waals surface area contributed by atoms with E-state index in [-0.39, 0.29) is 18.3 Å². The highest BCUT2D eigenvalue weighted by atomic mass is 16.4. The number of aliphatic carboxylic acids is 1. The van der Waals surface area contributed by atoms with Crippen molar-refractivity contribution in [2.45, 2.75) is 13.5 Å². The second-order valence-electron chi connectivity index (χ2n) is 3.98. The van der Waals surface area contributed by atoms with Gasteiger partial charge in [0.2, 0.25) is 0 Å². The molecular formula is C12H12N4O3. The molecule has 0 spiro atoms. The number of carboxylic acid groups (broad SMARTS) is 1. The molecule has 7 nitrogen and oxygen atoms in total. The second-order valence-corrected chi connectivity index (χ2v) is 3.98. The minimum Gasteiger partial charge on any atom is -0.480 e. The number of nitrogens with one attached hydrogen (secondary N) is 1. The van der Waals surface area contributed by atoms with Crippen LogP contribution in [-0.2, 0) is 11.3 Å². The van der Waals surface area contributed by atoms with Crippen LogP contribution in [0.4, 0.5) is 5.82 Å². The number of hydrogen-bond acceptors (Lipinski definition) is 4. The third kappa shape index (κ3) is 3.38. The molecule has 2 aromatic rings. The lowest BCUT2D eigenvalue weighted by Crippen LogP contribution is -2.14. The van der Waals surface area contributed by atoms with Crippen molar-refractivity contribution in [2.24, 2.45) is 0 Å². The summed E-state index contributed by atoms with van der Waals surface area (Å²) in [6.45, 7) is 1.54. The number of hydrogen-bond donors (Lipinski definition) is 2. The average molecular weight is 260 g/mol. The van der Waals surface area contributed by atoms with Gasteiger partial charge in [-0.15, -0.1) is 5.10 Å². The molecule has 0 aliphatic heterocycles. The Hall–Kier alpha value is -2.70. The van der Waals surface area contributed by atoms with Crippen LogP contribution in [0, 0.1) is 6.92 Å². The van der Waals surface area contributed by atoms with E-state index in [0.717, 1.165) is 10.4 Å². The molecule has 0 atom stereocenters. The number of benzene rings is 1. The zero-order chi connectivity index (χ0) is 13.8. The summed E-state index contributed by atoms with van der Waals surface area (Å²) in [7, 11) is 0. The predicted octanol–water partition coefficient (Wildman–Crippen LogP) is 0.923. The Morgan fingerprint density at radius 2 is 2.21 bits per heavy atom. The summed E-state index contributed by atoms with van der Waals surface area (Å²) in [5, 5.41) is 18.7. The fourth-order valence-corrected chi connectivity index (χ4v) is 1.53. The van der Waals surface area contributed by atoms with Crippen LogP contribution < -0.4 is 5.32 Å². The van der Waals surface area contributed by atoms with Crippen LogP contribution in [0.2, 0.25) is 0 Å². The van der Waals surface area contributed by atoms with Crippen molar-refractivity contribution >= 4 is 17.7 Å². The highest BCUT2D eigenvalue weighted by Crippen LogP contribution is 2.07. The van der Waals surface area contributed by atoms with Crippen LogP contribution >= 0.6 is 0 Å². The summed E-state index contributed by atoms with van der Waals surface area (Å²) in [5.41, 5.74) is 1.48. The number of carbonyl (C=O) groups is 2. The van der Waals surface area contributed by atoms with Crippen LogP contribution in [0.5, 0.6) is 0 Å². The van der Waals surface area contributed by atoms with E-state index in [4.69, 9.17) is 5.11 Å². The number of carboxylic acids is 1. The molecular weight excluding hydrogens is 248 g/mol. The lowest BCUT2D eigenvalue weighted by atomic mass is 10.1. The van der Waals surface area contributed by atoms with Crippen LogP contribution in [0.1, 0.15) is 15.9 Å². The van der Waals surface area contributed by atoms with Crippen molar-refractivity contribution in [1.82, 2.24) is 15.0 Å². The van der Waals surface area contributed by atoms with Crippen molar-refractivity contribution in [3.63, 3.8) is 0 Å². The van der Waals surface area contributed by atoms with Gasteiger partial charge in [-0.05, 0) is 19.1 Å². The van der Waals surface area contributed by atoms with Crippen molar-refractivity contribution in [3.05, 3.63) is 41.6 Å². The van der Waals surface area contributed by atoms with E-state index in [1.54, 1.807) is 18.2 Å². The summed E-state index contributed by atoms with van der Waals surface area (Å²) in [4.78, 5) is 23.4. The molecule has 0 fully saturated rings. The molecule has 1 aromatic carbocycles. The first-order valence-corrected chi connectivity index (χ1v) is 5.54. The van der Waals surface area contributed by atoms with E-state index in [0.29, 0.717) is 5.56 Å². The van der Waals surface area contributed by atoms with Gasteiger partial charge in [-0.25, -0.2) is 0 Å². The molecule has 2 N–H and O–H groups in total. The van der Waals surface area contributed by atoms with Gasteiger partial charge in [0.15, 0.2) is 12.4 Å². The lowest BCUT2D eigenvalue weighted by molar-refractivity contribution is -0.138. The number of carbonyl (C=O) groups excluding carboxylic acids is 1. The third-order valence-electron chi connectivity index (χ3n) is 2.34. The van der Waals surface area contributed by atoms with Crippen molar-refractivity contribution in [1.29, 1.82) is 0 Å². The van der Waals surface area contributed by atoms with Gasteiger partial charge in [0.05, 0.1) is 6.20 Å². The van der Waals surface area contributed by atoms with Gasteiger partial charge >= 0.3 is 5.97 Å². The summed E-state index contributed by atoms with van der Waals surface area (Å²) in [6, 6.07) is 7.10. The maximum absolute atomic E-state index is 11.9. The van der Waals surface area contributed by atoms with Crippen molar-refractivity contribution in [2.75, 3.05) is 5.32 Å². The zero-order valence-electron chi connectivity index (χ0n) is 10.2. The zero-order valence-corrected chi connectivity index (χ0v) is 10.2. The Balaban J connectivity index is 2.06. The predicted molar refractivity (Wildman–Crippen MR) is 66.8 cm³/mol. The molecule has 7 heteroatoms. The third-order valence-corrected chi connectivity index (χ3v) is 2.34. The number of amides is 1. The molecule has 0 bridgehead atoms. The minimum absolute atomic E-state index is 0.216. The van der Waals surface area contributed by atoms with Gasteiger partial charge < -0.3 is 10.4 Å². The Kier molecular flexibility index (Phi) is 3.56. The average Bonchev–Trinajstić information content (AvgIpc) is 2.75. The van der Waals surface area contributed by atoms with E-state index >= 15 is 0 Å². The maximum atomic E-state index is 11.9. The Morgan fingerprint density at radius 1 is 1.42 bits per heavy atom. The van der Waals surface area contributed by atoms with Gasteiger partial charge in [-0.1, -0.05) is 17.7 Å². The molecule has 0 aliphatic rings. The quantitative estimate of drug-likeness (QED) is 0.852. The van der Waals surface area contributed by atoms with E-state index in [1.807, 2.05) is 13.0 Å². The monoisotopic (exact) mass is 260 g/mol. The smallest absolute Gasteiger partial charge is 0.327 e. The van der Waals surface area contributed by atoms with Gasteiger partial charge in [0, 0.05) is 5.56 Å². The fourth-order valence-electron chi connectivity index (χ4n) is 1.53. The molecule has 0 saturated heterocycles. The van der Waals surface area contributed by atoms with Crippen molar-refractivity contribution in [3.8, 4) is 0 Å². The van der Waals surface area contributed by atoms with Crippen LogP contribution in [0.15, 0.2) is 30.5 Å². The minimum atomic E-state index is -1.05. The first-order chi connectivity index (χ1) is 9.04. The molecule has 19 heavy (non-hydrogen) atoms. The molecule has 0 unspecified atom stereocenters. The molecule has 1 amide bonds. The SMILES string of the molecule is Cc1cccc(C(=O)Nc2cnn(CC(=O)O)n2)c1. The lowest BCUT2D eigenvalue weighted by Gasteiger charge is -2.02. The highest BCUT2D eigenvalue weighted by molar-refractivity contribution is 6.03. The van der Waals surface area contributed by atoms with Gasteiger partial charge in [0.1, 0.15) is 0 Å². The van der Waals surface area contributed by atoms with E-state index in [1.165, 1.54) is 6.20 Å². The topological polar surface area (TPSA) is 97.1 Å². The number of aryl methyl sites for hydroxylation is 1. The first kappa shape index (κ1) is 12.7. The number of aromatic nitrogens is 3. The normalized spacial score (nSPS) is 10.2. The van der Waals surface area contributed by atoms with Crippen LogP contribution in [-0.4, -0.2) is 32.0 Å². The van der Waals surface area contributed by atoms with E-state index in [9.17, 15) is 9.59 Å². The molecule has 1 aromatic heterocycles. The molecule has 0 saturated carbocycles. The summed E-state index contributed by atoms with van der Waals surface area (Å²) >= 11 is 0. The van der Waals surface area contributed by atoms with Gasteiger partial charge in [0.25, 0.3) is 5.91 Å². The molecule has 0 radical (unpaired) electrons. The molecule has 2 rings (SSSR count).